The Morgan fingerprint density at radius 1 is 1.26 bits per heavy atom. The lowest BCUT2D eigenvalue weighted by molar-refractivity contribution is -0.385. The van der Waals surface area contributed by atoms with Crippen LogP contribution in [0.4, 0.5) is 10.8 Å². The fourth-order valence-corrected chi connectivity index (χ4v) is 4.72. The largest absolute Gasteiger partial charge is 0.296 e. The molecular formula is C18H13N5O5S3. The van der Waals surface area contributed by atoms with E-state index in [1.807, 2.05) is 18.2 Å². The summed E-state index contributed by atoms with van der Waals surface area (Å²) in [6.07, 6.45) is 0.899. The van der Waals surface area contributed by atoms with Crippen molar-refractivity contribution in [3.05, 3.63) is 69.3 Å². The first-order valence-electron chi connectivity index (χ1n) is 8.42. The summed E-state index contributed by atoms with van der Waals surface area (Å²) in [5.41, 5.74) is 0.852. The standard InChI is InChI=1S/C18H13N5O5S3/c1-31(27,28)15-7-13(6-14(8-15)23(25)26)16(24)20-17-21-22-18(30-17)29-10-12-4-2-11(9-19)3-5-12/h2-8H,10H2,1H3,(H,20,21,24). The van der Waals surface area contributed by atoms with Crippen molar-refractivity contribution < 1.29 is 18.1 Å². The number of hydrogen-bond donors (Lipinski definition) is 1. The molecule has 0 saturated heterocycles. The first-order chi connectivity index (χ1) is 14.7. The SMILES string of the molecule is CS(=O)(=O)c1cc(C(=O)Nc2nnc(SCc3ccc(C#N)cc3)s2)cc([N+](=O)[O-])c1. The van der Waals surface area contributed by atoms with Crippen molar-refractivity contribution in [2.75, 3.05) is 11.6 Å². The molecule has 3 rings (SSSR count). The van der Waals surface area contributed by atoms with Crippen molar-refractivity contribution in [2.45, 2.75) is 15.0 Å². The summed E-state index contributed by atoms with van der Waals surface area (Å²) in [6.45, 7) is 0. The highest BCUT2D eigenvalue weighted by Gasteiger charge is 2.20. The number of hydrogen-bond acceptors (Lipinski definition) is 10. The number of sulfone groups is 1. The lowest BCUT2D eigenvalue weighted by atomic mass is 10.2. The highest BCUT2D eigenvalue weighted by atomic mass is 32.2. The van der Waals surface area contributed by atoms with Crippen molar-refractivity contribution in [1.29, 1.82) is 5.26 Å². The van der Waals surface area contributed by atoms with Crippen LogP contribution in [0.25, 0.3) is 0 Å². The zero-order chi connectivity index (χ0) is 22.6. The molecule has 0 aliphatic heterocycles. The monoisotopic (exact) mass is 475 g/mol. The Hall–Kier alpha value is -3.34. The van der Waals surface area contributed by atoms with Gasteiger partial charge in [0.15, 0.2) is 14.2 Å². The van der Waals surface area contributed by atoms with E-state index in [2.05, 4.69) is 15.5 Å². The number of nitro benzene ring substituents is 1. The average Bonchev–Trinajstić information content (AvgIpc) is 3.18. The molecule has 0 fully saturated rings. The number of thioether (sulfide) groups is 1. The van der Waals surface area contributed by atoms with Crippen molar-refractivity contribution >= 4 is 49.7 Å². The lowest BCUT2D eigenvalue weighted by Crippen LogP contribution is -2.13. The summed E-state index contributed by atoms with van der Waals surface area (Å²) in [5.74, 6) is -0.162. The number of anilines is 1. The summed E-state index contributed by atoms with van der Waals surface area (Å²) in [5, 5.41) is 30.4. The third-order valence-corrected chi connectivity index (χ3v) is 7.00. The number of nitro groups is 1. The van der Waals surface area contributed by atoms with Crippen LogP contribution in [-0.4, -0.2) is 35.7 Å². The Morgan fingerprint density at radius 2 is 1.97 bits per heavy atom. The van der Waals surface area contributed by atoms with E-state index in [1.165, 1.54) is 11.8 Å². The van der Waals surface area contributed by atoms with Gasteiger partial charge < -0.3 is 0 Å². The maximum atomic E-state index is 12.5. The minimum absolute atomic E-state index is 0.166. The van der Waals surface area contributed by atoms with Gasteiger partial charge in [0, 0.05) is 29.7 Å². The molecule has 13 heteroatoms. The summed E-state index contributed by atoms with van der Waals surface area (Å²) in [6, 6.07) is 12.1. The van der Waals surface area contributed by atoms with Crippen LogP contribution in [0.2, 0.25) is 0 Å². The van der Waals surface area contributed by atoms with Gasteiger partial charge in [-0.15, -0.1) is 10.2 Å². The smallest absolute Gasteiger partial charge is 0.271 e. The summed E-state index contributed by atoms with van der Waals surface area (Å²) < 4.78 is 24.1. The minimum atomic E-state index is -3.75. The molecule has 1 amide bonds. The molecule has 158 valence electrons. The van der Waals surface area contributed by atoms with E-state index >= 15 is 0 Å². The average molecular weight is 476 g/mol. The second-order valence-corrected chi connectivity index (χ2v) is 10.4. The number of carbonyl (C=O) groups is 1. The van der Waals surface area contributed by atoms with Gasteiger partial charge in [-0.05, 0) is 23.8 Å². The van der Waals surface area contributed by atoms with Gasteiger partial charge in [-0.3, -0.25) is 20.2 Å². The van der Waals surface area contributed by atoms with Gasteiger partial charge in [-0.25, -0.2) is 8.42 Å². The van der Waals surface area contributed by atoms with Crippen LogP contribution < -0.4 is 5.32 Å². The topological polar surface area (TPSA) is 156 Å². The van der Waals surface area contributed by atoms with Crippen LogP contribution in [0.15, 0.2) is 51.7 Å². The lowest BCUT2D eigenvalue weighted by Gasteiger charge is -2.04. The number of amides is 1. The second-order valence-electron chi connectivity index (χ2n) is 6.17. The van der Waals surface area contributed by atoms with Gasteiger partial charge in [-0.1, -0.05) is 35.2 Å². The van der Waals surface area contributed by atoms with Gasteiger partial charge >= 0.3 is 0 Å². The van der Waals surface area contributed by atoms with Gasteiger partial charge in [-0.2, -0.15) is 5.26 Å². The molecule has 0 aliphatic rings. The van der Waals surface area contributed by atoms with Crippen LogP contribution >= 0.6 is 23.1 Å². The number of nitrogens with zero attached hydrogens (tertiary/aromatic N) is 4. The molecule has 1 heterocycles. The summed E-state index contributed by atoms with van der Waals surface area (Å²) >= 11 is 2.49. The Kier molecular flexibility index (Phi) is 6.64. The Balaban J connectivity index is 1.71. The molecule has 1 N–H and O–H groups in total. The molecule has 0 bridgehead atoms. The quantitative estimate of drug-likeness (QED) is 0.234. The van der Waals surface area contributed by atoms with Crippen molar-refractivity contribution in [1.82, 2.24) is 10.2 Å². The molecule has 3 aromatic rings. The first kappa shape index (κ1) is 22.3. The number of nitrogens with one attached hydrogen (secondary N) is 1. The molecule has 0 radical (unpaired) electrons. The van der Waals surface area contributed by atoms with Gasteiger partial charge in [0.1, 0.15) is 0 Å². The van der Waals surface area contributed by atoms with Gasteiger partial charge in [0.2, 0.25) is 5.13 Å². The fraction of sp³-hybridized carbons (Fsp3) is 0.111. The number of benzene rings is 2. The van der Waals surface area contributed by atoms with Crippen LogP contribution in [0.5, 0.6) is 0 Å². The fourth-order valence-electron chi connectivity index (χ4n) is 2.34. The van der Waals surface area contributed by atoms with E-state index in [4.69, 9.17) is 5.26 Å². The number of carbonyl (C=O) groups excluding carboxylic acids is 1. The molecule has 10 nitrogen and oxygen atoms in total. The predicted octanol–water partition coefficient (Wildman–Crippen LogP) is 3.27. The van der Waals surface area contributed by atoms with Gasteiger partial charge in [0.05, 0.1) is 21.5 Å². The maximum absolute atomic E-state index is 12.5. The predicted molar refractivity (Wildman–Crippen MR) is 115 cm³/mol. The van der Waals surface area contributed by atoms with Gasteiger partial charge in [0.25, 0.3) is 11.6 Å². The number of non-ortho nitro benzene ring substituents is 1. The van der Waals surface area contributed by atoms with E-state index in [-0.39, 0.29) is 15.6 Å². The zero-order valence-corrected chi connectivity index (χ0v) is 18.3. The molecular weight excluding hydrogens is 462 g/mol. The van der Waals surface area contributed by atoms with Crippen LogP contribution in [-0.2, 0) is 15.6 Å². The highest BCUT2D eigenvalue weighted by Crippen LogP contribution is 2.29. The summed E-state index contributed by atoms with van der Waals surface area (Å²) in [4.78, 5) is 22.5. The summed E-state index contributed by atoms with van der Waals surface area (Å²) in [7, 11) is -3.75. The zero-order valence-electron chi connectivity index (χ0n) is 15.8. The number of nitriles is 1. The Morgan fingerprint density at radius 3 is 2.58 bits per heavy atom. The first-order valence-corrected chi connectivity index (χ1v) is 12.1. The van der Waals surface area contributed by atoms with E-state index in [0.29, 0.717) is 15.7 Å². The molecule has 2 aromatic carbocycles. The van der Waals surface area contributed by atoms with E-state index in [0.717, 1.165) is 41.4 Å². The molecule has 0 atom stereocenters. The van der Waals surface area contributed by atoms with Crippen LogP contribution in [0, 0.1) is 21.4 Å². The van der Waals surface area contributed by atoms with Crippen molar-refractivity contribution in [2.24, 2.45) is 0 Å². The molecule has 31 heavy (non-hydrogen) atoms. The van der Waals surface area contributed by atoms with Crippen molar-refractivity contribution in [3.63, 3.8) is 0 Å². The Bertz CT molecular complexity index is 1300. The molecule has 0 spiro atoms. The van der Waals surface area contributed by atoms with E-state index in [9.17, 15) is 23.3 Å². The molecule has 1 aromatic heterocycles. The number of aromatic nitrogens is 2. The van der Waals surface area contributed by atoms with Crippen LogP contribution in [0.1, 0.15) is 21.5 Å². The molecule has 0 aliphatic carbocycles. The maximum Gasteiger partial charge on any atom is 0.271 e. The second kappa shape index (κ2) is 9.21. The minimum Gasteiger partial charge on any atom is -0.296 e. The van der Waals surface area contributed by atoms with Crippen molar-refractivity contribution in [3.8, 4) is 6.07 Å². The Labute approximate surface area is 185 Å². The van der Waals surface area contributed by atoms with Crippen LogP contribution in [0.3, 0.4) is 0 Å². The van der Waals surface area contributed by atoms with E-state index in [1.54, 1.807) is 12.1 Å². The molecule has 0 saturated carbocycles. The normalized spacial score (nSPS) is 11.0. The third-order valence-electron chi connectivity index (χ3n) is 3.86. The third kappa shape index (κ3) is 5.85. The molecule has 0 unspecified atom stereocenters. The number of rotatable bonds is 7. The van der Waals surface area contributed by atoms with E-state index < -0.39 is 26.4 Å². The highest BCUT2D eigenvalue weighted by molar-refractivity contribution is 8.00.